The average molecular weight is 374 g/mol. The monoisotopic (exact) mass is 373 g/mol. The van der Waals surface area contributed by atoms with Gasteiger partial charge in [-0.2, -0.15) is 0 Å². The molecule has 0 saturated heterocycles. The van der Waals surface area contributed by atoms with Crippen LogP contribution >= 0.6 is 0 Å². The second-order valence-corrected chi connectivity index (χ2v) is 8.56. The van der Waals surface area contributed by atoms with Gasteiger partial charge in [-0.1, -0.05) is 43.5 Å². The number of carbonyl (C=O) groups is 1. The van der Waals surface area contributed by atoms with E-state index < -0.39 is 0 Å². The third-order valence-electron chi connectivity index (χ3n) is 6.44. The van der Waals surface area contributed by atoms with Gasteiger partial charge in [0.1, 0.15) is 5.69 Å². The summed E-state index contributed by atoms with van der Waals surface area (Å²) in [7, 11) is 0. The van der Waals surface area contributed by atoms with Crippen molar-refractivity contribution in [3.8, 4) is 0 Å². The summed E-state index contributed by atoms with van der Waals surface area (Å²) in [4.78, 5) is 21.1. The number of fused-ring (bicyclic) bond motifs is 1. The van der Waals surface area contributed by atoms with Crippen molar-refractivity contribution < 1.29 is 4.79 Å². The lowest BCUT2D eigenvalue weighted by atomic mass is 9.81. The fourth-order valence-electron chi connectivity index (χ4n) is 4.40. The summed E-state index contributed by atoms with van der Waals surface area (Å²) in [5.41, 5.74) is 5.24. The highest BCUT2D eigenvalue weighted by molar-refractivity contribution is 5.99. The Morgan fingerprint density at radius 2 is 2.07 bits per heavy atom. The van der Waals surface area contributed by atoms with Crippen molar-refractivity contribution in [3.05, 3.63) is 65.1 Å². The number of rotatable bonds is 6. The number of hydrogen-bond donors (Lipinski definition) is 2. The summed E-state index contributed by atoms with van der Waals surface area (Å²) in [5, 5.41) is 4.39. The Bertz CT molecular complexity index is 1010. The van der Waals surface area contributed by atoms with Crippen LogP contribution in [0.4, 0.5) is 0 Å². The molecule has 2 aliphatic rings. The zero-order chi connectivity index (χ0) is 19.1. The zero-order valence-electron chi connectivity index (χ0n) is 16.4. The number of carbonyl (C=O) groups excluding carboxylic acids is 1. The van der Waals surface area contributed by atoms with E-state index in [1.165, 1.54) is 24.8 Å². The van der Waals surface area contributed by atoms with Gasteiger partial charge in [0.2, 0.25) is 0 Å². The van der Waals surface area contributed by atoms with Crippen LogP contribution in [-0.4, -0.2) is 15.9 Å². The highest BCUT2D eigenvalue weighted by Crippen LogP contribution is 2.41. The van der Waals surface area contributed by atoms with Crippen LogP contribution in [0, 0.1) is 18.8 Å². The first kappa shape index (κ1) is 17.5. The van der Waals surface area contributed by atoms with Crippen LogP contribution in [0.25, 0.3) is 10.9 Å². The molecule has 4 nitrogen and oxygen atoms in total. The molecule has 0 radical (unpaired) electrons. The fraction of sp³-hybridized carbons (Fsp3) is 0.417. The van der Waals surface area contributed by atoms with Gasteiger partial charge in [-0.05, 0) is 61.3 Å². The molecule has 0 aliphatic heterocycles. The SMILES string of the molecule is Cc1cccnc1C(NC(=O)c1cc2cccc(CC3CCC3)c2[nH]1)C1CC1. The van der Waals surface area contributed by atoms with Crippen molar-refractivity contribution in [1.82, 2.24) is 15.3 Å². The van der Waals surface area contributed by atoms with Gasteiger partial charge in [0.15, 0.2) is 0 Å². The number of pyridine rings is 1. The largest absolute Gasteiger partial charge is 0.350 e. The number of aryl methyl sites for hydroxylation is 1. The van der Waals surface area contributed by atoms with Crippen molar-refractivity contribution in [1.29, 1.82) is 0 Å². The molecule has 144 valence electrons. The quantitative estimate of drug-likeness (QED) is 0.632. The molecule has 1 aromatic carbocycles. The third kappa shape index (κ3) is 3.32. The van der Waals surface area contributed by atoms with Crippen molar-refractivity contribution >= 4 is 16.8 Å². The number of amides is 1. The maximum atomic E-state index is 13.1. The molecule has 4 heteroatoms. The lowest BCUT2D eigenvalue weighted by Gasteiger charge is -2.25. The minimum atomic E-state index is -0.0345. The summed E-state index contributed by atoms with van der Waals surface area (Å²) in [5.74, 6) is 1.27. The van der Waals surface area contributed by atoms with E-state index >= 15 is 0 Å². The molecule has 28 heavy (non-hydrogen) atoms. The van der Waals surface area contributed by atoms with Crippen molar-refractivity contribution in [2.75, 3.05) is 0 Å². The molecule has 3 aromatic rings. The van der Waals surface area contributed by atoms with E-state index in [1.54, 1.807) is 0 Å². The molecule has 2 N–H and O–H groups in total. The van der Waals surface area contributed by atoms with Gasteiger partial charge in [0.25, 0.3) is 5.91 Å². The molecular weight excluding hydrogens is 346 g/mol. The lowest BCUT2D eigenvalue weighted by Crippen LogP contribution is -2.31. The number of para-hydroxylation sites is 1. The number of hydrogen-bond acceptors (Lipinski definition) is 2. The van der Waals surface area contributed by atoms with Crippen LogP contribution in [0.15, 0.2) is 42.6 Å². The van der Waals surface area contributed by atoms with E-state index in [4.69, 9.17) is 0 Å². The second-order valence-electron chi connectivity index (χ2n) is 8.56. The highest BCUT2D eigenvalue weighted by atomic mass is 16.2. The number of nitrogens with zero attached hydrogens (tertiary/aromatic N) is 1. The Balaban J connectivity index is 1.40. The van der Waals surface area contributed by atoms with Crippen molar-refractivity contribution in [2.45, 2.75) is 51.5 Å². The van der Waals surface area contributed by atoms with E-state index in [-0.39, 0.29) is 11.9 Å². The summed E-state index contributed by atoms with van der Waals surface area (Å²) in [6, 6.07) is 12.4. The summed E-state index contributed by atoms with van der Waals surface area (Å²) < 4.78 is 0. The smallest absolute Gasteiger partial charge is 0.268 e. The first-order chi connectivity index (χ1) is 13.7. The van der Waals surface area contributed by atoms with Crippen LogP contribution < -0.4 is 5.32 Å². The van der Waals surface area contributed by atoms with Gasteiger partial charge in [-0.3, -0.25) is 9.78 Å². The topological polar surface area (TPSA) is 57.8 Å². The van der Waals surface area contributed by atoms with E-state index in [9.17, 15) is 4.79 Å². The number of aromatic amines is 1. The zero-order valence-corrected chi connectivity index (χ0v) is 16.4. The number of benzene rings is 1. The first-order valence-electron chi connectivity index (χ1n) is 10.5. The van der Waals surface area contributed by atoms with Gasteiger partial charge in [0.05, 0.1) is 11.7 Å². The number of H-pyrrole nitrogens is 1. The first-order valence-corrected chi connectivity index (χ1v) is 10.5. The normalized spacial score (nSPS) is 18.0. The Labute approximate surface area is 165 Å². The Morgan fingerprint density at radius 1 is 1.21 bits per heavy atom. The maximum Gasteiger partial charge on any atom is 0.268 e. The van der Waals surface area contributed by atoms with Crippen LogP contribution in [-0.2, 0) is 6.42 Å². The predicted molar refractivity (Wildman–Crippen MR) is 111 cm³/mol. The Kier molecular flexibility index (Phi) is 4.42. The molecule has 1 atom stereocenters. The molecule has 2 aliphatic carbocycles. The average Bonchev–Trinajstić information content (AvgIpc) is 3.41. The minimum absolute atomic E-state index is 0.00504. The van der Waals surface area contributed by atoms with Crippen molar-refractivity contribution in [2.24, 2.45) is 11.8 Å². The standard InChI is InChI=1S/C24H27N3O/c1-15-5-4-12-25-21(15)23(17-10-11-17)27-24(28)20-14-19-9-3-8-18(22(19)26-20)13-16-6-2-7-16/h3-5,8-9,12,14,16-17,23,26H,2,6-7,10-11,13H2,1H3,(H,27,28). The molecule has 5 rings (SSSR count). The van der Waals surface area contributed by atoms with Gasteiger partial charge in [-0.15, -0.1) is 0 Å². The molecule has 2 aromatic heterocycles. The van der Waals surface area contributed by atoms with E-state index in [0.717, 1.165) is 47.3 Å². The highest BCUT2D eigenvalue weighted by Gasteiger charge is 2.35. The van der Waals surface area contributed by atoms with Gasteiger partial charge >= 0.3 is 0 Å². The molecule has 2 fully saturated rings. The van der Waals surface area contributed by atoms with Crippen molar-refractivity contribution in [3.63, 3.8) is 0 Å². The molecule has 1 amide bonds. The van der Waals surface area contributed by atoms with E-state index in [0.29, 0.717) is 11.6 Å². The third-order valence-corrected chi connectivity index (χ3v) is 6.44. The maximum absolute atomic E-state index is 13.1. The molecule has 0 bridgehead atoms. The molecule has 1 unspecified atom stereocenters. The van der Waals surface area contributed by atoms with Crippen LogP contribution in [0.3, 0.4) is 0 Å². The second kappa shape index (κ2) is 7.08. The lowest BCUT2D eigenvalue weighted by molar-refractivity contribution is 0.0926. The molecule has 2 saturated carbocycles. The summed E-state index contributed by atoms with van der Waals surface area (Å²) in [6.07, 6.45) is 9.25. The van der Waals surface area contributed by atoms with Gasteiger partial charge < -0.3 is 10.3 Å². The molecule has 2 heterocycles. The summed E-state index contributed by atoms with van der Waals surface area (Å²) in [6.45, 7) is 2.07. The summed E-state index contributed by atoms with van der Waals surface area (Å²) >= 11 is 0. The fourth-order valence-corrected chi connectivity index (χ4v) is 4.40. The Hall–Kier alpha value is -2.62. The van der Waals surface area contributed by atoms with Gasteiger partial charge in [-0.25, -0.2) is 0 Å². The number of nitrogens with one attached hydrogen (secondary N) is 2. The minimum Gasteiger partial charge on any atom is -0.350 e. The van der Waals surface area contributed by atoms with Crippen LogP contribution in [0.2, 0.25) is 0 Å². The van der Waals surface area contributed by atoms with Gasteiger partial charge in [0, 0.05) is 17.1 Å². The van der Waals surface area contributed by atoms with E-state index in [1.807, 2.05) is 18.3 Å². The molecular formula is C24H27N3O. The van der Waals surface area contributed by atoms with Crippen LogP contribution in [0.1, 0.15) is 65.5 Å². The molecule has 0 spiro atoms. The van der Waals surface area contributed by atoms with E-state index in [2.05, 4.69) is 46.5 Å². The van der Waals surface area contributed by atoms with Crippen LogP contribution in [0.5, 0.6) is 0 Å². The Morgan fingerprint density at radius 3 is 2.79 bits per heavy atom. The predicted octanol–water partition coefficient (Wildman–Crippen LogP) is 5.10. The number of aromatic nitrogens is 2.